The maximum absolute atomic E-state index is 12.2. The van der Waals surface area contributed by atoms with Gasteiger partial charge in [0.05, 0.1) is 11.5 Å². The van der Waals surface area contributed by atoms with E-state index >= 15 is 0 Å². The molecule has 9 nitrogen and oxygen atoms in total. The molecule has 0 aliphatic rings. The summed E-state index contributed by atoms with van der Waals surface area (Å²) >= 11 is 0. The van der Waals surface area contributed by atoms with Crippen LogP contribution in [0.4, 0.5) is 11.5 Å². The Balaban J connectivity index is 1.75. The van der Waals surface area contributed by atoms with Gasteiger partial charge in [0.1, 0.15) is 0 Å². The molecule has 0 unspecified atom stereocenters. The summed E-state index contributed by atoms with van der Waals surface area (Å²) in [5.41, 5.74) is 1.41. The van der Waals surface area contributed by atoms with E-state index in [2.05, 4.69) is 15.6 Å². The lowest BCUT2D eigenvalue weighted by molar-refractivity contribution is -0.386. The molecule has 3 rings (SSSR count). The van der Waals surface area contributed by atoms with Gasteiger partial charge >= 0.3 is 5.69 Å². The number of nitrogens with one attached hydrogen (secondary N) is 1. The molecule has 0 saturated carbocycles. The van der Waals surface area contributed by atoms with Crippen molar-refractivity contribution >= 4 is 17.4 Å². The molecule has 25 heavy (non-hydrogen) atoms. The number of hydrogen-bond donors (Lipinski definition) is 1. The number of anilines is 1. The Kier molecular flexibility index (Phi) is 4.29. The van der Waals surface area contributed by atoms with Crippen LogP contribution in [0.25, 0.3) is 0 Å². The van der Waals surface area contributed by atoms with Crippen LogP contribution in [-0.2, 0) is 6.54 Å². The number of rotatable bonds is 5. The van der Waals surface area contributed by atoms with E-state index in [1.54, 1.807) is 16.9 Å². The minimum atomic E-state index is -0.746. The third-order valence-corrected chi connectivity index (χ3v) is 3.71. The van der Waals surface area contributed by atoms with Gasteiger partial charge in [-0.3, -0.25) is 19.6 Å². The third-order valence-electron chi connectivity index (χ3n) is 3.71. The summed E-state index contributed by atoms with van der Waals surface area (Å²) in [5.74, 6) is -0.501. The molecular weight excluding hydrogens is 326 g/mol. The van der Waals surface area contributed by atoms with Gasteiger partial charge in [-0.05, 0) is 18.1 Å². The largest absolute Gasteiger partial charge is 0.353 e. The number of hydrogen-bond acceptors (Lipinski definition) is 6. The fraction of sp³-hybridized carbons (Fsp3) is 0.188. The normalized spacial score (nSPS) is 10.6. The third kappa shape index (κ3) is 3.39. The topological polar surface area (TPSA) is 116 Å². The number of benzene rings is 1. The lowest BCUT2D eigenvalue weighted by atomic mass is 10.1. The summed E-state index contributed by atoms with van der Waals surface area (Å²) in [6.45, 7) is 3.93. The first-order valence-corrected chi connectivity index (χ1v) is 7.45. The van der Waals surface area contributed by atoms with Crippen molar-refractivity contribution in [1.82, 2.24) is 14.9 Å². The maximum Gasteiger partial charge on any atom is 0.344 e. The Bertz CT molecular complexity index is 944. The first-order chi connectivity index (χ1) is 12.0. The molecule has 0 radical (unpaired) electrons. The second-order valence-electron chi connectivity index (χ2n) is 5.47. The molecule has 128 valence electrons. The molecule has 0 atom stereocenters. The fourth-order valence-electron chi connectivity index (χ4n) is 2.39. The molecule has 0 fully saturated rings. The molecule has 9 heteroatoms. The van der Waals surface area contributed by atoms with Crippen LogP contribution in [0.5, 0.6) is 0 Å². The maximum atomic E-state index is 12.2. The van der Waals surface area contributed by atoms with Crippen molar-refractivity contribution in [1.29, 1.82) is 0 Å². The van der Waals surface area contributed by atoms with Gasteiger partial charge < -0.3 is 9.84 Å². The molecule has 0 spiro atoms. The zero-order valence-electron chi connectivity index (χ0n) is 13.6. The van der Waals surface area contributed by atoms with E-state index in [0.717, 1.165) is 11.1 Å². The van der Waals surface area contributed by atoms with Crippen molar-refractivity contribution in [2.75, 3.05) is 5.32 Å². The molecule has 2 heterocycles. The minimum absolute atomic E-state index is 0.0276. The first-order valence-electron chi connectivity index (χ1n) is 7.45. The molecule has 2 aromatic heterocycles. The van der Waals surface area contributed by atoms with Crippen molar-refractivity contribution in [3.8, 4) is 0 Å². The minimum Gasteiger partial charge on any atom is -0.353 e. The van der Waals surface area contributed by atoms with Gasteiger partial charge in [-0.15, -0.1) is 0 Å². The van der Waals surface area contributed by atoms with E-state index in [0.29, 0.717) is 6.54 Å². The van der Waals surface area contributed by atoms with Gasteiger partial charge in [0.25, 0.3) is 5.91 Å². The quantitative estimate of drug-likeness (QED) is 0.563. The zero-order chi connectivity index (χ0) is 18.0. The molecular formula is C16H15N5O4. The SMILES string of the molecule is Cc1ccccc1Cn1ccc(NC(=O)c2noc(C)c2[N+](=O)[O-])n1. The summed E-state index contributed by atoms with van der Waals surface area (Å²) in [6, 6.07) is 9.51. The molecule has 0 aliphatic carbocycles. The molecule has 1 amide bonds. The van der Waals surface area contributed by atoms with E-state index in [4.69, 9.17) is 4.52 Å². The average molecular weight is 341 g/mol. The van der Waals surface area contributed by atoms with Gasteiger partial charge in [0.15, 0.2) is 5.82 Å². The second kappa shape index (κ2) is 6.56. The summed E-state index contributed by atoms with van der Waals surface area (Å²) in [6.07, 6.45) is 1.71. The first kappa shape index (κ1) is 16.4. The van der Waals surface area contributed by atoms with Crippen LogP contribution in [-0.4, -0.2) is 25.8 Å². The number of nitrogens with zero attached hydrogens (tertiary/aromatic N) is 4. The molecule has 0 saturated heterocycles. The van der Waals surface area contributed by atoms with Gasteiger partial charge in [-0.25, -0.2) is 0 Å². The van der Waals surface area contributed by atoms with Crippen LogP contribution < -0.4 is 5.32 Å². The van der Waals surface area contributed by atoms with Gasteiger partial charge in [0, 0.05) is 19.2 Å². The monoisotopic (exact) mass is 341 g/mol. The Morgan fingerprint density at radius 3 is 2.80 bits per heavy atom. The smallest absolute Gasteiger partial charge is 0.344 e. The van der Waals surface area contributed by atoms with E-state index in [-0.39, 0.29) is 17.3 Å². The molecule has 0 bridgehead atoms. The zero-order valence-corrected chi connectivity index (χ0v) is 13.6. The second-order valence-corrected chi connectivity index (χ2v) is 5.47. The van der Waals surface area contributed by atoms with Crippen molar-refractivity contribution in [2.24, 2.45) is 0 Å². The number of aryl methyl sites for hydroxylation is 2. The molecule has 1 aromatic carbocycles. The molecule has 0 aliphatic heterocycles. The summed E-state index contributed by atoms with van der Waals surface area (Å²) < 4.78 is 6.40. The number of amides is 1. The van der Waals surface area contributed by atoms with Gasteiger partial charge in [-0.2, -0.15) is 5.10 Å². The van der Waals surface area contributed by atoms with Gasteiger partial charge in [-0.1, -0.05) is 29.4 Å². The number of carbonyl (C=O) groups is 1. The van der Waals surface area contributed by atoms with E-state index < -0.39 is 16.5 Å². The lowest BCUT2D eigenvalue weighted by Gasteiger charge is -2.05. The molecule has 3 aromatic rings. The Labute approximate surface area is 142 Å². The highest BCUT2D eigenvalue weighted by Crippen LogP contribution is 2.23. The standard InChI is InChI=1S/C16H15N5O4/c1-10-5-3-4-6-12(10)9-20-8-7-13(18-20)17-16(22)14-15(21(23)24)11(2)25-19-14/h3-8H,9H2,1-2H3,(H,17,18,22). The highest BCUT2D eigenvalue weighted by Gasteiger charge is 2.29. The number of aromatic nitrogens is 3. The van der Waals surface area contributed by atoms with Gasteiger partial charge in [0.2, 0.25) is 11.5 Å². The lowest BCUT2D eigenvalue weighted by Crippen LogP contribution is -2.15. The predicted octanol–water partition coefficient (Wildman–Crippen LogP) is 2.70. The summed E-state index contributed by atoms with van der Waals surface area (Å²) in [4.78, 5) is 22.5. The number of carbonyl (C=O) groups excluding carboxylic acids is 1. The van der Waals surface area contributed by atoms with Crippen LogP contribution in [0.15, 0.2) is 41.1 Å². The van der Waals surface area contributed by atoms with Crippen molar-refractivity contribution < 1.29 is 14.2 Å². The van der Waals surface area contributed by atoms with Crippen molar-refractivity contribution in [3.63, 3.8) is 0 Å². The van der Waals surface area contributed by atoms with Crippen LogP contribution in [0.3, 0.4) is 0 Å². The summed E-state index contributed by atoms with van der Waals surface area (Å²) in [7, 11) is 0. The van der Waals surface area contributed by atoms with Crippen LogP contribution in [0, 0.1) is 24.0 Å². The van der Waals surface area contributed by atoms with Crippen LogP contribution in [0.1, 0.15) is 27.4 Å². The van der Waals surface area contributed by atoms with Crippen molar-refractivity contribution in [2.45, 2.75) is 20.4 Å². The van der Waals surface area contributed by atoms with E-state index in [1.165, 1.54) is 6.92 Å². The predicted molar refractivity (Wildman–Crippen MR) is 88.4 cm³/mol. The van der Waals surface area contributed by atoms with Crippen LogP contribution in [0.2, 0.25) is 0 Å². The highest BCUT2D eigenvalue weighted by atomic mass is 16.6. The average Bonchev–Trinajstić information content (AvgIpc) is 3.16. The number of nitro groups is 1. The fourth-order valence-corrected chi connectivity index (χ4v) is 2.39. The van der Waals surface area contributed by atoms with E-state index in [1.807, 2.05) is 31.2 Å². The summed E-state index contributed by atoms with van der Waals surface area (Å²) in [5, 5.41) is 21.2. The molecule has 1 N–H and O–H groups in total. The Hall–Kier alpha value is -3.49. The highest BCUT2D eigenvalue weighted by molar-refractivity contribution is 6.05. The van der Waals surface area contributed by atoms with Crippen molar-refractivity contribution in [3.05, 3.63) is 69.2 Å². The van der Waals surface area contributed by atoms with Crippen LogP contribution >= 0.6 is 0 Å². The Morgan fingerprint density at radius 1 is 1.32 bits per heavy atom. The van der Waals surface area contributed by atoms with E-state index in [9.17, 15) is 14.9 Å². The Morgan fingerprint density at radius 2 is 2.08 bits per heavy atom.